The van der Waals surface area contributed by atoms with Crippen LogP contribution in [0.3, 0.4) is 0 Å². The Morgan fingerprint density at radius 1 is 1.24 bits per heavy atom. The Morgan fingerprint density at radius 2 is 1.82 bits per heavy atom. The zero-order chi connectivity index (χ0) is 11.9. The average molecular weight is 236 g/mol. The largest absolute Gasteiger partial charge is 0.341 e. The third kappa shape index (κ3) is 2.65. The molecule has 1 unspecified atom stereocenters. The van der Waals surface area contributed by atoms with Crippen molar-refractivity contribution in [3.05, 3.63) is 0 Å². The highest BCUT2D eigenvalue weighted by molar-refractivity contribution is 5.86. The van der Waals surface area contributed by atoms with Gasteiger partial charge in [-0.15, -0.1) is 0 Å². The van der Waals surface area contributed by atoms with Crippen molar-refractivity contribution in [1.82, 2.24) is 10.2 Å². The maximum absolute atomic E-state index is 12.7. The van der Waals surface area contributed by atoms with Gasteiger partial charge in [0.25, 0.3) is 0 Å². The van der Waals surface area contributed by atoms with Crippen molar-refractivity contribution in [1.29, 1.82) is 0 Å². The summed E-state index contributed by atoms with van der Waals surface area (Å²) in [4.78, 5) is 14.8. The van der Waals surface area contributed by atoms with Gasteiger partial charge in [0.15, 0.2) is 0 Å². The van der Waals surface area contributed by atoms with Gasteiger partial charge in [-0.25, -0.2) is 0 Å². The van der Waals surface area contributed by atoms with E-state index in [0.717, 1.165) is 44.3 Å². The maximum Gasteiger partial charge on any atom is 0.242 e. The number of carbonyl (C=O) groups excluding carboxylic acids is 1. The quantitative estimate of drug-likeness (QED) is 0.789. The second kappa shape index (κ2) is 4.27. The molecule has 3 rings (SSSR count). The van der Waals surface area contributed by atoms with Crippen LogP contribution in [0.15, 0.2) is 0 Å². The van der Waals surface area contributed by atoms with Crippen molar-refractivity contribution in [2.24, 2.45) is 11.8 Å². The summed E-state index contributed by atoms with van der Waals surface area (Å²) < 4.78 is 0. The molecule has 0 aromatic rings. The van der Waals surface area contributed by atoms with Gasteiger partial charge in [-0.2, -0.15) is 0 Å². The van der Waals surface area contributed by atoms with Gasteiger partial charge >= 0.3 is 0 Å². The number of nitrogens with zero attached hydrogens (tertiary/aromatic N) is 1. The molecule has 17 heavy (non-hydrogen) atoms. The van der Waals surface area contributed by atoms with Gasteiger partial charge in [-0.3, -0.25) is 4.79 Å². The number of hydrogen-bond acceptors (Lipinski definition) is 2. The zero-order valence-corrected chi connectivity index (χ0v) is 10.9. The summed E-state index contributed by atoms with van der Waals surface area (Å²) in [5.41, 5.74) is -0.260. The fourth-order valence-electron chi connectivity index (χ4n) is 2.89. The van der Waals surface area contributed by atoms with Gasteiger partial charge in [0.1, 0.15) is 0 Å². The topological polar surface area (TPSA) is 32.3 Å². The van der Waals surface area contributed by atoms with E-state index in [4.69, 9.17) is 0 Å². The molecule has 0 spiro atoms. The summed E-state index contributed by atoms with van der Waals surface area (Å²) in [5, 5.41) is 3.41. The molecular formula is C14H24N2O. The molecule has 3 aliphatic rings. The Bertz CT molecular complexity index is 287. The van der Waals surface area contributed by atoms with Crippen molar-refractivity contribution in [3.8, 4) is 0 Å². The molecule has 1 saturated heterocycles. The van der Waals surface area contributed by atoms with Crippen LogP contribution in [0.25, 0.3) is 0 Å². The molecule has 0 bridgehead atoms. The molecule has 1 atom stereocenters. The average Bonchev–Trinajstić information content (AvgIpc) is 3.22. The minimum atomic E-state index is -0.260. The predicted molar refractivity (Wildman–Crippen MR) is 67.7 cm³/mol. The fraction of sp³-hybridized carbons (Fsp3) is 0.929. The van der Waals surface area contributed by atoms with E-state index in [1.807, 2.05) is 0 Å². The molecule has 3 nitrogen and oxygen atoms in total. The van der Waals surface area contributed by atoms with E-state index in [1.54, 1.807) is 0 Å². The normalized spacial score (nSPS) is 32.8. The Kier molecular flexibility index (Phi) is 2.89. The molecule has 3 heteroatoms. The standard InChI is InChI=1S/C14H24N2O/c1-14(7-2-8-15-14)13(17)16(9-11-3-4-11)10-12-5-6-12/h11-12,15H,2-10H2,1H3. The first-order chi connectivity index (χ1) is 8.17. The van der Waals surface area contributed by atoms with Crippen molar-refractivity contribution < 1.29 is 4.79 Å². The molecule has 1 amide bonds. The minimum Gasteiger partial charge on any atom is -0.341 e. The van der Waals surface area contributed by atoms with Crippen molar-refractivity contribution >= 4 is 5.91 Å². The van der Waals surface area contributed by atoms with Crippen LogP contribution < -0.4 is 5.32 Å². The van der Waals surface area contributed by atoms with Crippen LogP contribution in [-0.2, 0) is 4.79 Å². The molecule has 2 aliphatic carbocycles. The first-order valence-electron chi connectivity index (χ1n) is 7.22. The predicted octanol–water partition coefficient (Wildman–Crippen LogP) is 1.78. The van der Waals surface area contributed by atoms with Crippen molar-refractivity contribution in [2.45, 2.75) is 51.0 Å². The van der Waals surface area contributed by atoms with Crippen LogP contribution in [0.4, 0.5) is 0 Å². The molecule has 2 saturated carbocycles. The Labute approximate surface area is 104 Å². The summed E-state index contributed by atoms with van der Waals surface area (Å²) in [7, 11) is 0. The Hall–Kier alpha value is -0.570. The summed E-state index contributed by atoms with van der Waals surface area (Å²) in [5.74, 6) is 1.99. The van der Waals surface area contributed by atoms with Crippen molar-refractivity contribution in [2.75, 3.05) is 19.6 Å². The van der Waals surface area contributed by atoms with Crippen LogP contribution >= 0.6 is 0 Å². The van der Waals surface area contributed by atoms with Gasteiger partial charge < -0.3 is 10.2 Å². The van der Waals surface area contributed by atoms with E-state index in [0.29, 0.717) is 5.91 Å². The molecular weight excluding hydrogens is 212 g/mol. The highest BCUT2D eigenvalue weighted by Gasteiger charge is 2.41. The highest BCUT2D eigenvalue weighted by Crippen LogP contribution is 2.35. The highest BCUT2D eigenvalue weighted by atomic mass is 16.2. The molecule has 0 aromatic carbocycles. The van der Waals surface area contributed by atoms with Crippen LogP contribution in [0, 0.1) is 11.8 Å². The lowest BCUT2D eigenvalue weighted by atomic mass is 9.98. The van der Waals surface area contributed by atoms with Crippen molar-refractivity contribution in [3.63, 3.8) is 0 Å². The van der Waals surface area contributed by atoms with Gasteiger partial charge in [-0.1, -0.05) is 0 Å². The number of amides is 1. The van der Waals surface area contributed by atoms with Crippen LogP contribution in [0.1, 0.15) is 45.4 Å². The lowest BCUT2D eigenvalue weighted by molar-refractivity contribution is -0.137. The van der Waals surface area contributed by atoms with Gasteiger partial charge in [-0.05, 0) is 63.8 Å². The summed E-state index contributed by atoms with van der Waals surface area (Å²) >= 11 is 0. The Morgan fingerprint density at radius 3 is 2.24 bits per heavy atom. The first kappa shape index (κ1) is 11.5. The first-order valence-corrected chi connectivity index (χ1v) is 7.22. The molecule has 0 aromatic heterocycles. The number of hydrogen-bond donors (Lipinski definition) is 1. The maximum atomic E-state index is 12.7. The van der Waals surface area contributed by atoms with E-state index < -0.39 is 0 Å². The number of carbonyl (C=O) groups is 1. The lowest BCUT2D eigenvalue weighted by Crippen LogP contribution is -2.53. The summed E-state index contributed by atoms with van der Waals surface area (Å²) in [6, 6.07) is 0. The monoisotopic (exact) mass is 236 g/mol. The Balaban J connectivity index is 1.64. The van der Waals surface area contributed by atoms with Gasteiger partial charge in [0.2, 0.25) is 5.91 Å². The third-order valence-electron chi connectivity index (χ3n) is 4.48. The second-order valence-electron chi connectivity index (χ2n) is 6.46. The van der Waals surface area contributed by atoms with E-state index in [2.05, 4.69) is 17.1 Å². The number of rotatable bonds is 5. The van der Waals surface area contributed by atoms with Crippen LogP contribution in [0.5, 0.6) is 0 Å². The zero-order valence-electron chi connectivity index (χ0n) is 10.9. The summed E-state index contributed by atoms with van der Waals surface area (Å²) in [6.45, 7) is 5.14. The van der Waals surface area contributed by atoms with Crippen LogP contribution in [0.2, 0.25) is 0 Å². The molecule has 96 valence electrons. The molecule has 1 heterocycles. The van der Waals surface area contributed by atoms with E-state index in [-0.39, 0.29) is 5.54 Å². The van der Waals surface area contributed by atoms with Gasteiger partial charge in [0.05, 0.1) is 5.54 Å². The summed E-state index contributed by atoms with van der Waals surface area (Å²) in [6.07, 6.45) is 7.48. The SMILES string of the molecule is CC1(C(=O)N(CC2CC2)CC2CC2)CCCN1. The molecule has 3 fully saturated rings. The number of nitrogens with one attached hydrogen (secondary N) is 1. The fourth-order valence-corrected chi connectivity index (χ4v) is 2.89. The second-order valence-corrected chi connectivity index (χ2v) is 6.46. The van der Waals surface area contributed by atoms with Crippen LogP contribution in [-0.4, -0.2) is 36.0 Å². The minimum absolute atomic E-state index is 0.260. The lowest BCUT2D eigenvalue weighted by Gasteiger charge is -2.32. The van der Waals surface area contributed by atoms with E-state index >= 15 is 0 Å². The van der Waals surface area contributed by atoms with E-state index in [1.165, 1.54) is 25.7 Å². The molecule has 0 radical (unpaired) electrons. The smallest absolute Gasteiger partial charge is 0.242 e. The molecule has 1 aliphatic heterocycles. The van der Waals surface area contributed by atoms with E-state index in [9.17, 15) is 4.79 Å². The molecule has 1 N–H and O–H groups in total. The van der Waals surface area contributed by atoms with Gasteiger partial charge in [0, 0.05) is 13.1 Å². The third-order valence-corrected chi connectivity index (χ3v) is 4.48.